The van der Waals surface area contributed by atoms with Crippen molar-refractivity contribution in [1.29, 1.82) is 0 Å². The number of rotatable bonds is 8. The first kappa shape index (κ1) is 25.6. The van der Waals surface area contributed by atoms with E-state index in [1.54, 1.807) is 13.0 Å². The zero-order valence-electron chi connectivity index (χ0n) is 19.7. The lowest BCUT2D eigenvalue weighted by atomic mass is 10.1. The van der Waals surface area contributed by atoms with E-state index in [9.17, 15) is 22.8 Å². The molecule has 0 atom stereocenters. The van der Waals surface area contributed by atoms with Gasteiger partial charge in [-0.3, -0.25) is 9.69 Å². The van der Waals surface area contributed by atoms with E-state index in [1.807, 2.05) is 11.8 Å². The number of anilines is 1. The predicted molar refractivity (Wildman–Crippen MR) is 123 cm³/mol. The molecule has 1 fully saturated rings. The highest BCUT2D eigenvalue weighted by molar-refractivity contribution is 6.00. The lowest BCUT2D eigenvalue weighted by Crippen LogP contribution is -2.47. The van der Waals surface area contributed by atoms with E-state index < -0.39 is 17.7 Å². The number of aromatic amines is 1. The van der Waals surface area contributed by atoms with Crippen LogP contribution in [-0.2, 0) is 17.3 Å². The highest BCUT2D eigenvalue weighted by atomic mass is 19.4. The number of aryl methyl sites for hydroxylation is 1. The molecule has 2 N–H and O–H groups in total. The Kier molecular flexibility index (Phi) is 8.24. The van der Waals surface area contributed by atoms with Crippen LogP contribution < -0.4 is 10.2 Å². The molecular weight excluding hydrogens is 449 g/mol. The third-order valence-electron chi connectivity index (χ3n) is 6.15. The van der Waals surface area contributed by atoms with Gasteiger partial charge in [-0.2, -0.15) is 13.2 Å². The number of nitrogens with zero attached hydrogens (tertiary/aromatic N) is 2. The van der Waals surface area contributed by atoms with E-state index in [2.05, 4.69) is 15.2 Å². The summed E-state index contributed by atoms with van der Waals surface area (Å²) in [6.07, 6.45) is -3.04. The topological polar surface area (TPSA) is 77.7 Å². The Labute approximate surface area is 197 Å². The van der Waals surface area contributed by atoms with Crippen LogP contribution >= 0.6 is 0 Å². The van der Waals surface area contributed by atoms with Gasteiger partial charge in [0.1, 0.15) is 5.69 Å². The Bertz CT molecular complexity index is 1010. The van der Waals surface area contributed by atoms with Gasteiger partial charge in [0.05, 0.1) is 18.2 Å². The second-order valence-electron chi connectivity index (χ2n) is 8.31. The fraction of sp³-hybridized carbons (Fsp3) is 0.500. The number of esters is 1. The molecular formula is C24H31F3N4O3. The molecule has 0 saturated carbocycles. The number of methoxy groups -OCH3 is 1. The van der Waals surface area contributed by atoms with Crippen LogP contribution in [0.5, 0.6) is 0 Å². The van der Waals surface area contributed by atoms with Crippen LogP contribution in [0.25, 0.3) is 0 Å². The van der Waals surface area contributed by atoms with Gasteiger partial charge >= 0.3 is 12.1 Å². The lowest BCUT2D eigenvalue weighted by molar-refractivity contribution is -0.137. The van der Waals surface area contributed by atoms with Gasteiger partial charge < -0.3 is 19.9 Å². The number of H-pyrrole nitrogens is 1. The van der Waals surface area contributed by atoms with Crippen molar-refractivity contribution in [2.45, 2.75) is 32.9 Å². The largest absolute Gasteiger partial charge is 0.465 e. The molecule has 1 aliphatic rings. The van der Waals surface area contributed by atoms with Crippen molar-refractivity contribution >= 4 is 17.6 Å². The molecule has 1 saturated heterocycles. The van der Waals surface area contributed by atoms with Crippen LogP contribution in [0, 0.1) is 6.92 Å². The van der Waals surface area contributed by atoms with E-state index in [0.717, 1.165) is 32.1 Å². The van der Waals surface area contributed by atoms with Crippen molar-refractivity contribution in [3.05, 3.63) is 52.3 Å². The maximum atomic E-state index is 13.0. The van der Waals surface area contributed by atoms with Crippen LogP contribution in [0.1, 0.15) is 51.0 Å². The molecule has 2 heterocycles. The Morgan fingerprint density at radius 3 is 2.50 bits per heavy atom. The number of amides is 1. The first-order valence-corrected chi connectivity index (χ1v) is 11.4. The van der Waals surface area contributed by atoms with Gasteiger partial charge in [0.25, 0.3) is 5.91 Å². The molecule has 186 valence electrons. The number of hydrogen-bond acceptors (Lipinski definition) is 5. The van der Waals surface area contributed by atoms with E-state index >= 15 is 0 Å². The standard InChI is InChI=1S/C24H31F3N4O3/c1-4-19-20(23(33)34-3)16(2)21(29-19)22(32)28-9-6-10-30-11-13-31(14-12-30)18-8-5-7-17(15-18)24(25,26)27/h5,7-8,15,29H,4,6,9-14H2,1-3H3,(H,28,32). The summed E-state index contributed by atoms with van der Waals surface area (Å²) in [4.78, 5) is 31.9. The zero-order valence-corrected chi connectivity index (χ0v) is 19.7. The molecule has 34 heavy (non-hydrogen) atoms. The van der Waals surface area contributed by atoms with Crippen molar-refractivity contribution in [3.8, 4) is 0 Å². The number of alkyl halides is 3. The van der Waals surface area contributed by atoms with Crippen LogP contribution in [0.2, 0.25) is 0 Å². The van der Waals surface area contributed by atoms with Crippen LogP contribution in [-0.4, -0.2) is 68.1 Å². The Hall–Kier alpha value is -3.01. The number of ether oxygens (including phenoxy) is 1. The summed E-state index contributed by atoms with van der Waals surface area (Å²) in [7, 11) is 1.31. The smallest absolute Gasteiger partial charge is 0.416 e. The summed E-state index contributed by atoms with van der Waals surface area (Å²) in [6.45, 7) is 7.63. The fourth-order valence-electron chi connectivity index (χ4n) is 4.23. The number of hydrogen-bond donors (Lipinski definition) is 2. The highest BCUT2D eigenvalue weighted by Gasteiger charge is 2.31. The normalized spacial score (nSPS) is 14.8. The Morgan fingerprint density at radius 1 is 1.18 bits per heavy atom. The van der Waals surface area contributed by atoms with Crippen LogP contribution in [0.15, 0.2) is 24.3 Å². The lowest BCUT2D eigenvalue weighted by Gasteiger charge is -2.36. The van der Waals surface area contributed by atoms with Gasteiger partial charge in [-0.25, -0.2) is 4.79 Å². The molecule has 3 rings (SSSR count). The van der Waals surface area contributed by atoms with Gasteiger partial charge in [-0.1, -0.05) is 13.0 Å². The number of carbonyl (C=O) groups excluding carboxylic acids is 2. The number of piperazine rings is 1. The van der Waals surface area contributed by atoms with Crippen molar-refractivity contribution in [1.82, 2.24) is 15.2 Å². The van der Waals surface area contributed by atoms with Crippen molar-refractivity contribution in [3.63, 3.8) is 0 Å². The SMILES string of the molecule is CCc1[nH]c(C(=O)NCCCN2CCN(c3cccc(C(F)(F)F)c3)CC2)c(C)c1C(=O)OC. The zero-order chi connectivity index (χ0) is 24.9. The molecule has 7 nitrogen and oxygen atoms in total. The van der Waals surface area contributed by atoms with Crippen LogP contribution in [0.3, 0.4) is 0 Å². The van der Waals surface area contributed by atoms with Gasteiger partial charge in [0.2, 0.25) is 0 Å². The summed E-state index contributed by atoms with van der Waals surface area (Å²) in [5.74, 6) is -0.731. The summed E-state index contributed by atoms with van der Waals surface area (Å²) < 4.78 is 43.7. The second kappa shape index (κ2) is 10.9. The number of benzene rings is 1. The Balaban J connectivity index is 1.45. The molecule has 0 spiro atoms. The molecule has 0 radical (unpaired) electrons. The average molecular weight is 481 g/mol. The van der Waals surface area contributed by atoms with Crippen molar-refractivity contribution < 1.29 is 27.5 Å². The second-order valence-corrected chi connectivity index (χ2v) is 8.31. The number of carbonyl (C=O) groups is 2. The van der Waals surface area contributed by atoms with Crippen molar-refractivity contribution in [2.24, 2.45) is 0 Å². The van der Waals surface area contributed by atoms with E-state index in [-0.39, 0.29) is 5.91 Å². The van der Waals surface area contributed by atoms with Gasteiger partial charge in [0.15, 0.2) is 0 Å². The number of halogens is 3. The first-order valence-electron chi connectivity index (χ1n) is 11.4. The number of nitrogens with one attached hydrogen (secondary N) is 2. The third kappa shape index (κ3) is 5.91. The maximum Gasteiger partial charge on any atom is 0.416 e. The molecule has 1 aliphatic heterocycles. The molecule has 0 bridgehead atoms. The Morgan fingerprint density at radius 2 is 1.88 bits per heavy atom. The summed E-state index contributed by atoms with van der Waals surface area (Å²) in [5, 5.41) is 2.89. The summed E-state index contributed by atoms with van der Waals surface area (Å²) in [6, 6.07) is 5.43. The number of aromatic nitrogens is 1. The highest BCUT2D eigenvalue weighted by Crippen LogP contribution is 2.31. The van der Waals surface area contributed by atoms with Crippen LogP contribution in [0.4, 0.5) is 18.9 Å². The minimum Gasteiger partial charge on any atom is -0.465 e. The molecule has 2 aromatic rings. The van der Waals surface area contributed by atoms with E-state index in [0.29, 0.717) is 54.3 Å². The maximum absolute atomic E-state index is 13.0. The summed E-state index contributed by atoms with van der Waals surface area (Å²) >= 11 is 0. The van der Waals surface area contributed by atoms with E-state index in [1.165, 1.54) is 19.2 Å². The van der Waals surface area contributed by atoms with Gasteiger partial charge in [-0.05, 0) is 50.1 Å². The van der Waals surface area contributed by atoms with Gasteiger partial charge in [-0.15, -0.1) is 0 Å². The van der Waals surface area contributed by atoms with E-state index in [4.69, 9.17) is 4.74 Å². The fourth-order valence-corrected chi connectivity index (χ4v) is 4.23. The van der Waals surface area contributed by atoms with Gasteiger partial charge in [0, 0.05) is 44.1 Å². The minimum absolute atomic E-state index is 0.267. The molecule has 1 amide bonds. The quantitative estimate of drug-likeness (QED) is 0.446. The summed E-state index contributed by atoms with van der Waals surface area (Å²) in [5.41, 5.74) is 1.98. The monoisotopic (exact) mass is 480 g/mol. The van der Waals surface area contributed by atoms with Crippen molar-refractivity contribution in [2.75, 3.05) is 51.3 Å². The minimum atomic E-state index is -4.35. The third-order valence-corrected chi connectivity index (χ3v) is 6.15. The predicted octanol–water partition coefficient (Wildman–Crippen LogP) is 3.63. The average Bonchev–Trinajstić information content (AvgIpc) is 3.17. The molecule has 0 aliphatic carbocycles. The molecule has 10 heteroatoms. The molecule has 1 aromatic carbocycles. The molecule has 0 unspecified atom stereocenters. The first-order chi connectivity index (χ1) is 16.2. The molecule has 1 aromatic heterocycles.